The van der Waals surface area contributed by atoms with Crippen molar-refractivity contribution >= 4 is 35.2 Å². The second-order valence-corrected chi connectivity index (χ2v) is 10.1. The summed E-state index contributed by atoms with van der Waals surface area (Å²) in [5.41, 5.74) is 1.81. The molecule has 1 aliphatic rings. The molecule has 3 aromatic rings. The molecular weight excluding hydrogens is 530 g/mol. The number of anilines is 1. The van der Waals surface area contributed by atoms with Gasteiger partial charge in [-0.25, -0.2) is 8.78 Å². The maximum atomic E-state index is 13.5. The number of aliphatic carboxylic acids is 1. The van der Waals surface area contributed by atoms with Crippen LogP contribution in [-0.2, 0) is 14.4 Å². The molecule has 1 fully saturated rings. The Kier molecular flexibility index (Phi) is 8.82. The van der Waals surface area contributed by atoms with E-state index in [-0.39, 0.29) is 18.3 Å². The number of thioether (sulfide) groups is 1. The van der Waals surface area contributed by atoms with Gasteiger partial charge >= 0.3 is 5.97 Å². The van der Waals surface area contributed by atoms with E-state index in [1.54, 1.807) is 29.2 Å². The first kappa shape index (κ1) is 28.1. The standard InChI is InChI=1S/C28H26F2N2O6S/c1-16(28(36)37)31-24(34)14-38-22-12-4-18(5-13-22)25-26(27(35)32(25)21-10-8-20(30)9-11-21)39-15-23(33)17-2-6-19(29)7-3-17/h2-13,16,23,25-26,33H,14-15H2,1H3,(H,31,34)(H,36,37)/t16-,23?,25-,26-/m1/s1. The lowest BCUT2D eigenvalue weighted by Crippen LogP contribution is -2.57. The van der Waals surface area contributed by atoms with Crippen molar-refractivity contribution in [3.8, 4) is 5.75 Å². The first-order valence-electron chi connectivity index (χ1n) is 12.0. The molecule has 0 spiro atoms. The number of carboxylic acid groups (broad SMARTS) is 1. The molecule has 2 amide bonds. The molecule has 4 rings (SSSR count). The summed E-state index contributed by atoms with van der Waals surface area (Å²) >= 11 is 1.27. The normalized spacial score (nSPS) is 18.2. The minimum Gasteiger partial charge on any atom is -0.484 e. The van der Waals surface area contributed by atoms with E-state index in [0.29, 0.717) is 17.0 Å². The number of nitrogens with zero attached hydrogens (tertiary/aromatic N) is 1. The molecule has 1 heterocycles. The Morgan fingerprint density at radius 3 is 2.18 bits per heavy atom. The number of rotatable bonds is 11. The van der Waals surface area contributed by atoms with Gasteiger partial charge in [0.1, 0.15) is 28.7 Å². The number of hydrogen-bond donors (Lipinski definition) is 3. The van der Waals surface area contributed by atoms with Crippen molar-refractivity contribution in [2.45, 2.75) is 30.4 Å². The molecule has 0 aromatic heterocycles. The van der Waals surface area contributed by atoms with Crippen molar-refractivity contribution < 1.29 is 38.1 Å². The fourth-order valence-corrected chi connectivity index (χ4v) is 5.37. The van der Waals surface area contributed by atoms with Gasteiger partial charge in [0.2, 0.25) is 5.91 Å². The van der Waals surface area contributed by atoms with E-state index in [1.807, 2.05) is 0 Å². The molecule has 204 valence electrons. The van der Waals surface area contributed by atoms with Crippen molar-refractivity contribution in [1.29, 1.82) is 0 Å². The average molecular weight is 557 g/mol. The zero-order valence-corrected chi connectivity index (χ0v) is 21.6. The smallest absolute Gasteiger partial charge is 0.325 e. The number of carbonyl (C=O) groups excluding carboxylic acids is 2. The van der Waals surface area contributed by atoms with Gasteiger partial charge in [0.25, 0.3) is 5.91 Å². The summed E-state index contributed by atoms with van der Waals surface area (Å²) < 4.78 is 32.2. The van der Waals surface area contributed by atoms with E-state index in [0.717, 1.165) is 5.56 Å². The van der Waals surface area contributed by atoms with Crippen molar-refractivity contribution in [3.63, 3.8) is 0 Å². The first-order valence-corrected chi connectivity index (χ1v) is 13.1. The van der Waals surface area contributed by atoms with Gasteiger partial charge in [-0.3, -0.25) is 14.4 Å². The fraction of sp³-hybridized carbons (Fsp3) is 0.250. The number of hydrogen-bond acceptors (Lipinski definition) is 6. The van der Waals surface area contributed by atoms with Gasteiger partial charge in [0, 0.05) is 11.4 Å². The molecule has 39 heavy (non-hydrogen) atoms. The highest BCUT2D eigenvalue weighted by atomic mass is 32.2. The molecule has 11 heteroatoms. The summed E-state index contributed by atoms with van der Waals surface area (Å²) in [5, 5.41) is 21.2. The number of nitrogens with one attached hydrogen (secondary N) is 1. The number of aliphatic hydroxyl groups excluding tert-OH is 1. The van der Waals surface area contributed by atoms with Gasteiger partial charge in [-0.05, 0) is 66.6 Å². The van der Waals surface area contributed by atoms with E-state index < -0.39 is 46.9 Å². The summed E-state index contributed by atoms with van der Waals surface area (Å²) in [5.74, 6) is -2.23. The molecule has 1 saturated heterocycles. The lowest BCUT2D eigenvalue weighted by atomic mass is 9.92. The number of carboxylic acids is 1. The highest BCUT2D eigenvalue weighted by molar-refractivity contribution is 8.00. The van der Waals surface area contributed by atoms with Gasteiger partial charge in [-0.2, -0.15) is 0 Å². The maximum absolute atomic E-state index is 13.5. The van der Waals surface area contributed by atoms with Crippen LogP contribution in [0.2, 0.25) is 0 Å². The van der Waals surface area contributed by atoms with Gasteiger partial charge in [0.15, 0.2) is 6.61 Å². The van der Waals surface area contributed by atoms with E-state index in [2.05, 4.69) is 5.32 Å². The number of benzene rings is 3. The monoisotopic (exact) mass is 556 g/mol. The average Bonchev–Trinajstić information content (AvgIpc) is 2.92. The highest BCUT2D eigenvalue weighted by Crippen LogP contribution is 2.46. The molecule has 0 radical (unpaired) electrons. The summed E-state index contributed by atoms with van der Waals surface area (Å²) in [6, 6.07) is 16.3. The molecule has 1 unspecified atom stereocenters. The lowest BCUT2D eigenvalue weighted by molar-refractivity contribution is -0.141. The van der Waals surface area contributed by atoms with Gasteiger partial charge in [-0.1, -0.05) is 24.3 Å². The van der Waals surface area contributed by atoms with Crippen LogP contribution in [0.5, 0.6) is 5.75 Å². The Morgan fingerprint density at radius 1 is 1.00 bits per heavy atom. The second-order valence-electron chi connectivity index (χ2n) is 8.94. The fourth-order valence-electron chi connectivity index (χ4n) is 4.07. The number of amides is 2. The van der Waals surface area contributed by atoms with Crippen LogP contribution in [0.3, 0.4) is 0 Å². The van der Waals surface area contributed by atoms with Crippen LogP contribution in [0.4, 0.5) is 14.5 Å². The van der Waals surface area contributed by atoms with Crippen LogP contribution in [0.15, 0.2) is 72.8 Å². The van der Waals surface area contributed by atoms with Crippen LogP contribution < -0.4 is 15.0 Å². The van der Waals surface area contributed by atoms with Crippen LogP contribution in [0.1, 0.15) is 30.2 Å². The molecule has 3 N–H and O–H groups in total. The predicted octanol–water partition coefficient (Wildman–Crippen LogP) is 3.86. The van der Waals surface area contributed by atoms with E-state index in [9.17, 15) is 28.3 Å². The third kappa shape index (κ3) is 6.73. The zero-order chi connectivity index (χ0) is 28.1. The molecular formula is C28H26F2N2O6S. The Bertz CT molecular complexity index is 1320. The number of carbonyl (C=O) groups is 3. The van der Waals surface area contributed by atoms with Crippen LogP contribution in [-0.4, -0.2) is 51.6 Å². The van der Waals surface area contributed by atoms with Crippen LogP contribution in [0, 0.1) is 11.6 Å². The van der Waals surface area contributed by atoms with Crippen molar-refractivity contribution in [2.24, 2.45) is 0 Å². The van der Waals surface area contributed by atoms with Crippen molar-refractivity contribution in [2.75, 3.05) is 17.3 Å². The second kappa shape index (κ2) is 12.3. The number of β-lactam (4-membered cyclic amide) rings is 1. The Labute approximate surface area is 227 Å². The summed E-state index contributed by atoms with van der Waals surface area (Å²) in [6.45, 7) is 0.967. The van der Waals surface area contributed by atoms with Crippen LogP contribution in [0.25, 0.3) is 0 Å². The van der Waals surface area contributed by atoms with Crippen LogP contribution >= 0.6 is 11.8 Å². The van der Waals surface area contributed by atoms with Crippen molar-refractivity contribution in [1.82, 2.24) is 5.32 Å². The maximum Gasteiger partial charge on any atom is 0.325 e. The molecule has 1 aliphatic heterocycles. The molecule has 0 saturated carbocycles. The third-order valence-corrected chi connectivity index (χ3v) is 7.51. The molecule has 0 aliphatic carbocycles. The predicted molar refractivity (Wildman–Crippen MR) is 141 cm³/mol. The van der Waals surface area contributed by atoms with E-state index in [1.165, 1.54) is 67.2 Å². The van der Waals surface area contributed by atoms with Gasteiger partial charge in [0.05, 0.1) is 12.1 Å². The number of halogens is 2. The Morgan fingerprint density at radius 2 is 1.59 bits per heavy atom. The number of ether oxygens (including phenoxy) is 1. The Balaban J connectivity index is 1.47. The molecule has 3 aromatic carbocycles. The summed E-state index contributed by atoms with van der Waals surface area (Å²) in [4.78, 5) is 37.5. The van der Waals surface area contributed by atoms with E-state index in [4.69, 9.17) is 9.84 Å². The third-order valence-electron chi connectivity index (χ3n) is 6.18. The largest absolute Gasteiger partial charge is 0.484 e. The van der Waals surface area contributed by atoms with Crippen molar-refractivity contribution in [3.05, 3.63) is 95.6 Å². The quantitative estimate of drug-likeness (QED) is 0.307. The SMILES string of the molecule is C[C@@H](NC(=O)COc1ccc([C@@H]2[C@@H](SCC(O)c3ccc(F)cc3)C(=O)N2c2ccc(F)cc2)cc1)C(=O)O. The topological polar surface area (TPSA) is 116 Å². The zero-order valence-electron chi connectivity index (χ0n) is 20.8. The highest BCUT2D eigenvalue weighted by Gasteiger charge is 2.49. The molecule has 4 atom stereocenters. The number of aliphatic hydroxyl groups is 1. The Hall–Kier alpha value is -3.96. The molecule has 8 nitrogen and oxygen atoms in total. The first-order chi connectivity index (χ1) is 18.6. The lowest BCUT2D eigenvalue weighted by Gasteiger charge is -2.47. The van der Waals surface area contributed by atoms with Gasteiger partial charge < -0.3 is 25.2 Å². The minimum atomic E-state index is -1.16. The molecule has 0 bridgehead atoms. The summed E-state index contributed by atoms with van der Waals surface area (Å²) in [6.07, 6.45) is -0.908. The van der Waals surface area contributed by atoms with E-state index >= 15 is 0 Å². The summed E-state index contributed by atoms with van der Waals surface area (Å²) in [7, 11) is 0. The van der Waals surface area contributed by atoms with Gasteiger partial charge in [-0.15, -0.1) is 11.8 Å². The minimum absolute atomic E-state index is 0.195.